The molecule has 2 heterocycles. The van der Waals surface area contributed by atoms with Crippen molar-refractivity contribution in [2.24, 2.45) is 0 Å². The average molecular weight is 498 g/mol. The van der Waals surface area contributed by atoms with E-state index in [0.717, 1.165) is 12.1 Å². The van der Waals surface area contributed by atoms with Crippen LogP contribution in [0, 0.1) is 11.6 Å². The fourth-order valence-corrected chi connectivity index (χ4v) is 7.30. The highest BCUT2D eigenvalue weighted by Crippen LogP contribution is 2.53. The van der Waals surface area contributed by atoms with E-state index in [1.807, 2.05) is 0 Å². The molecule has 0 radical (unpaired) electrons. The molecule has 2 aliphatic heterocycles. The van der Waals surface area contributed by atoms with Crippen LogP contribution in [-0.4, -0.2) is 44.2 Å². The number of sulfone groups is 1. The number of hydrogen-bond acceptors (Lipinski definition) is 5. The molecule has 0 spiro atoms. The molecule has 10 heteroatoms. The zero-order valence-electron chi connectivity index (χ0n) is 17.8. The summed E-state index contributed by atoms with van der Waals surface area (Å²) in [6.07, 6.45) is 0.0984. The molecule has 33 heavy (non-hydrogen) atoms. The summed E-state index contributed by atoms with van der Waals surface area (Å²) in [5.41, 5.74) is -0.405. The summed E-state index contributed by atoms with van der Waals surface area (Å²) in [5.74, 6) is -2.88. The van der Waals surface area contributed by atoms with Crippen LogP contribution in [0.3, 0.4) is 0 Å². The van der Waals surface area contributed by atoms with Crippen molar-refractivity contribution in [2.45, 2.75) is 48.3 Å². The normalized spacial score (nSPS) is 22.2. The molecule has 2 aromatic rings. The highest BCUT2D eigenvalue weighted by molar-refractivity contribution is 7.92. The first-order valence-corrected chi connectivity index (χ1v) is 12.4. The van der Waals surface area contributed by atoms with Gasteiger partial charge in [0.1, 0.15) is 23.0 Å². The number of hydrogen-bond donors (Lipinski definition) is 0. The van der Waals surface area contributed by atoms with Crippen molar-refractivity contribution < 1.29 is 31.5 Å². The third kappa shape index (κ3) is 3.81. The van der Waals surface area contributed by atoms with Gasteiger partial charge in [-0.1, -0.05) is 11.6 Å². The van der Waals surface area contributed by atoms with Crippen molar-refractivity contribution >= 4 is 33.1 Å². The topological polar surface area (TPSA) is 80.8 Å². The summed E-state index contributed by atoms with van der Waals surface area (Å²) in [7, 11) is -4.36. The lowest BCUT2D eigenvalue weighted by atomic mass is 9.80. The van der Waals surface area contributed by atoms with E-state index < -0.39 is 49.5 Å². The third-order valence-corrected chi connectivity index (χ3v) is 9.13. The maximum absolute atomic E-state index is 15.3. The van der Waals surface area contributed by atoms with Gasteiger partial charge >= 0.3 is 0 Å². The number of carbonyl (C=O) groups excluding carboxylic acids is 2. The Hall–Kier alpha value is -2.52. The Morgan fingerprint density at radius 3 is 2.45 bits per heavy atom. The Morgan fingerprint density at radius 1 is 1.12 bits per heavy atom. The summed E-state index contributed by atoms with van der Waals surface area (Å²) in [6.45, 7) is 1.25. The summed E-state index contributed by atoms with van der Waals surface area (Å²) in [4.78, 5) is 25.6. The lowest BCUT2D eigenvalue weighted by molar-refractivity contribution is -0.139. The minimum atomic E-state index is -4.36. The second-order valence-corrected chi connectivity index (χ2v) is 10.9. The van der Waals surface area contributed by atoms with Crippen LogP contribution in [0.4, 0.5) is 8.78 Å². The van der Waals surface area contributed by atoms with E-state index in [0.29, 0.717) is 5.02 Å². The van der Waals surface area contributed by atoms with Gasteiger partial charge in [-0.2, -0.15) is 0 Å². The van der Waals surface area contributed by atoms with E-state index in [1.165, 1.54) is 36.1 Å². The molecule has 0 bridgehead atoms. The van der Waals surface area contributed by atoms with Crippen molar-refractivity contribution in [1.82, 2.24) is 4.90 Å². The molecule has 0 aromatic heterocycles. The van der Waals surface area contributed by atoms with Crippen LogP contribution < -0.4 is 4.74 Å². The number of rotatable bonds is 5. The fourth-order valence-electron chi connectivity index (χ4n) is 4.83. The summed E-state index contributed by atoms with van der Waals surface area (Å²) in [6, 6.07) is 6.08. The monoisotopic (exact) mass is 497 g/mol. The quantitative estimate of drug-likeness (QED) is 0.623. The third-order valence-electron chi connectivity index (χ3n) is 6.34. The fraction of sp³-hybridized carbons (Fsp3) is 0.391. The molecule has 0 unspecified atom stereocenters. The van der Waals surface area contributed by atoms with Crippen LogP contribution in [0.15, 0.2) is 41.3 Å². The molecular formula is C23H22ClF2NO5S. The highest BCUT2D eigenvalue weighted by atomic mass is 35.5. The lowest BCUT2D eigenvalue weighted by Crippen LogP contribution is -2.64. The first-order valence-electron chi connectivity index (χ1n) is 10.5. The molecule has 1 fully saturated rings. The number of piperidine rings is 1. The average Bonchev–Trinajstić information content (AvgIpc) is 2.79. The maximum Gasteiger partial charge on any atom is 0.223 e. The first kappa shape index (κ1) is 23.6. The van der Waals surface area contributed by atoms with Gasteiger partial charge in [-0.15, -0.1) is 0 Å². The highest BCUT2D eigenvalue weighted by Gasteiger charge is 2.61. The number of ether oxygens (including phenoxy) is 1. The van der Waals surface area contributed by atoms with Crippen LogP contribution in [0.1, 0.15) is 38.2 Å². The molecule has 0 aliphatic carbocycles. The summed E-state index contributed by atoms with van der Waals surface area (Å²) >= 11 is 5.93. The number of amides is 1. The molecule has 176 valence electrons. The van der Waals surface area contributed by atoms with Crippen LogP contribution in [0.25, 0.3) is 0 Å². The van der Waals surface area contributed by atoms with E-state index >= 15 is 4.39 Å². The largest absolute Gasteiger partial charge is 0.488 e. The zero-order chi connectivity index (χ0) is 24.0. The number of ketones is 1. The Balaban J connectivity index is 1.94. The number of halogens is 3. The van der Waals surface area contributed by atoms with Crippen molar-refractivity contribution in [2.75, 3.05) is 13.2 Å². The van der Waals surface area contributed by atoms with Crippen molar-refractivity contribution in [3.63, 3.8) is 0 Å². The smallest absolute Gasteiger partial charge is 0.223 e. The molecule has 2 atom stereocenters. The van der Waals surface area contributed by atoms with Crippen LogP contribution in [0.5, 0.6) is 5.75 Å². The second-order valence-electron chi connectivity index (χ2n) is 8.30. The number of Topliss-reactive ketones (excluding diaryl/α,β-unsaturated/α-hetero) is 1. The molecule has 0 saturated carbocycles. The minimum absolute atomic E-state index is 0.000574. The van der Waals surface area contributed by atoms with E-state index in [4.69, 9.17) is 16.3 Å². The van der Waals surface area contributed by atoms with Gasteiger partial charge in [-0.05, 0) is 56.2 Å². The second kappa shape index (κ2) is 8.68. The van der Waals surface area contributed by atoms with Crippen LogP contribution in [-0.2, 0) is 24.2 Å². The Bertz CT molecular complexity index is 1220. The maximum atomic E-state index is 15.3. The van der Waals surface area contributed by atoms with Crippen LogP contribution >= 0.6 is 11.6 Å². The number of carbonyl (C=O) groups is 2. The SMILES string of the molecule is CC(=O)CCC(=O)N1CCC[C@]2(S(=O)(=O)c3ccc(Cl)cc3)c3c(F)ccc(F)c3OC[C@H]12. The van der Waals surface area contributed by atoms with Gasteiger partial charge in [0.05, 0.1) is 16.5 Å². The van der Waals surface area contributed by atoms with E-state index in [2.05, 4.69) is 0 Å². The summed E-state index contributed by atoms with van der Waals surface area (Å²) < 4.78 is 61.8. The Labute approximate surface area is 195 Å². The van der Waals surface area contributed by atoms with Crippen molar-refractivity contribution in [1.29, 1.82) is 0 Å². The molecule has 6 nitrogen and oxygen atoms in total. The minimum Gasteiger partial charge on any atom is -0.488 e. The van der Waals surface area contributed by atoms with Gasteiger partial charge in [-0.3, -0.25) is 4.79 Å². The van der Waals surface area contributed by atoms with Crippen molar-refractivity contribution in [3.8, 4) is 5.75 Å². The van der Waals surface area contributed by atoms with Gasteiger partial charge in [-0.25, -0.2) is 17.2 Å². The predicted octanol–water partition coefficient (Wildman–Crippen LogP) is 4.04. The Morgan fingerprint density at radius 2 is 1.79 bits per heavy atom. The lowest BCUT2D eigenvalue weighted by Gasteiger charge is -2.51. The van der Waals surface area contributed by atoms with Gasteiger partial charge in [0.15, 0.2) is 21.4 Å². The molecule has 2 aliphatic rings. The standard InChI is InChI=1S/C23H22ClF2NO5S/c1-14(28)3-10-20(29)27-12-2-11-23(33(30,31)16-6-4-15(24)5-7-16)19(27)13-32-22-18(26)9-8-17(25)21(22)23/h4-9,19H,2-3,10-13H2,1H3/t19-,23+/m0/s1. The number of benzene rings is 2. The van der Waals surface area contributed by atoms with E-state index in [1.54, 1.807) is 0 Å². The predicted molar refractivity (Wildman–Crippen MR) is 117 cm³/mol. The van der Waals surface area contributed by atoms with Crippen molar-refractivity contribution in [3.05, 3.63) is 58.6 Å². The molecule has 2 aromatic carbocycles. The van der Waals surface area contributed by atoms with Gasteiger partial charge in [0, 0.05) is 24.4 Å². The molecule has 4 rings (SSSR count). The van der Waals surface area contributed by atoms with Gasteiger partial charge in [0.25, 0.3) is 0 Å². The van der Waals surface area contributed by atoms with Crippen LogP contribution in [0.2, 0.25) is 5.02 Å². The molecule has 1 saturated heterocycles. The molecule has 1 amide bonds. The summed E-state index contributed by atoms with van der Waals surface area (Å²) in [5, 5.41) is 0.317. The number of nitrogens with zero attached hydrogens (tertiary/aromatic N) is 1. The van der Waals surface area contributed by atoms with E-state index in [-0.39, 0.29) is 49.5 Å². The van der Waals surface area contributed by atoms with E-state index in [9.17, 15) is 22.4 Å². The van der Waals surface area contributed by atoms with Gasteiger partial charge in [0.2, 0.25) is 5.91 Å². The van der Waals surface area contributed by atoms with Gasteiger partial charge < -0.3 is 14.4 Å². The number of fused-ring (bicyclic) bond motifs is 3. The molecule has 0 N–H and O–H groups in total. The number of likely N-dealkylation sites (tertiary alicyclic amines) is 1. The Kier molecular flexibility index (Phi) is 6.22. The first-order chi connectivity index (χ1) is 15.6. The molecular weight excluding hydrogens is 476 g/mol. The zero-order valence-corrected chi connectivity index (χ0v) is 19.4.